The van der Waals surface area contributed by atoms with Gasteiger partial charge in [-0.15, -0.1) is 0 Å². The van der Waals surface area contributed by atoms with Gasteiger partial charge in [0.25, 0.3) is 5.91 Å². The van der Waals surface area contributed by atoms with E-state index in [9.17, 15) is 4.79 Å². The van der Waals surface area contributed by atoms with E-state index in [0.29, 0.717) is 23.1 Å². The second-order valence-corrected chi connectivity index (χ2v) is 6.40. The zero-order chi connectivity index (χ0) is 19.2. The summed E-state index contributed by atoms with van der Waals surface area (Å²) in [5.74, 6) is 0.193. The molecule has 3 aromatic rings. The molecule has 142 valence electrons. The number of methoxy groups -OCH3 is 1. The molecule has 0 atom stereocenters. The summed E-state index contributed by atoms with van der Waals surface area (Å²) in [5.41, 5.74) is 8.01. The summed E-state index contributed by atoms with van der Waals surface area (Å²) in [7, 11) is 1.52. The summed E-state index contributed by atoms with van der Waals surface area (Å²) in [6.45, 7) is 1.12. The van der Waals surface area contributed by atoms with Gasteiger partial charge in [0.1, 0.15) is 5.65 Å². The third-order valence-electron chi connectivity index (χ3n) is 3.95. The molecule has 0 spiro atoms. The second-order valence-electron chi connectivity index (χ2n) is 5.99. The maximum Gasteiger partial charge on any atom is 0.255 e. The van der Waals surface area contributed by atoms with Crippen LogP contribution in [0.3, 0.4) is 0 Å². The van der Waals surface area contributed by atoms with Crippen LogP contribution in [0.25, 0.3) is 5.65 Å². The molecular formula is C19H21ClN4O3. The van der Waals surface area contributed by atoms with E-state index in [1.807, 2.05) is 41.1 Å². The topological polar surface area (TPSA) is 90.9 Å². The van der Waals surface area contributed by atoms with Crippen LogP contribution in [-0.2, 0) is 17.8 Å². The van der Waals surface area contributed by atoms with E-state index >= 15 is 0 Å². The number of ether oxygens (including phenoxy) is 2. The van der Waals surface area contributed by atoms with Crippen molar-refractivity contribution in [2.75, 3.05) is 20.3 Å². The monoisotopic (exact) mass is 388 g/mol. The number of imidazole rings is 1. The Bertz CT molecular complexity index is 909. The maximum atomic E-state index is 10.9. The molecule has 0 bridgehead atoms. The summed E-state index contributed by atoms with van der Waals surface area (Å²) in [6.07, 6.45) is 4.82. The zero-order valence-corrected chi connectivity index (χ0v) is 15.7. The van der Waals surface area contributed by atoms with E-state index in [1.54, 1.807) is 6.07 Å². The van der Waals surface area contributed by atoms with Gasteiger partial charge in [0.2, 0.25) is 0 Å². The molecule has 2 heterocycles. The van der Waals surface area contributed by atoms with Gasteiger partial charge in [0.05, 0.1) is 17.8 Å². The van der Waals surface area contributed by atoms with Crippen LogP contribution in [0.5, 0.6) is 11.5 Å². The van der Waals surface area contributed by atoms with E-state index in [-0.39, 0.29) is 6.61 Å². The van der Waals surface area contributed by atoms with Gasteiger partial charge in [0, 0.05) is 31.9 Å². The normalized spacial score (nSPS) is 10.9. The number of aromatic nitrogens is 2. The molecular weight excluding hydrogens is 368 g/mol. The predicted octanol–water partition coefficient (Wildman–Crippen LogP) is 2.19. The van der Waals surface area contributed by atoms with Crippen molar-refractivity contribution in [1.29, 1.82) is 0 Å². The minimum absolute atomic E-state index is 0.257. The first kappa shape index (κ1) is 19.0. The number of hydrogen-bond donors (Lipinski definition) is 2. The fourth-order valence-electron chi connectivity index (χ4n) is 2.72. The smallest absolute Gasteiger partial charge is 0.255 e. The Hall–Kier alpha value is -2.77. The third-order valence-corrected chi connectivity index (χ3v) is 4.23. The summed E-state index contributed by atoms with van der Waals surface area (Å²) in [6, 6.07) is 9.52. The number of rotatable bonds is 9. The van der Waals surface area contributed by atoms with Crippen molar-refractivity contribution in [1.82, 2.24) is 14.7 Å². The van der Waals surface area contributed by atoms with Gasteiger partial charge in [-0.3, -0.25) is 4.79 Å². The van der Waals surface area contributed by atoms with Crippen molar-refractivity contribution in [2.24, 2.45) is 5.73 Å². The quantitative estimate of drug-likeness (QED) is 0.548. The Morgan fingerprint density at radius 3 is 2.96 bits per heavy atom. The summed E-state index contributed by atoms with van der Waals surface area (Å²) >= 11 is 6.25. The van der Waals surface area contributed by atoms with Gasteiger partial charge in [-0.25, -0.2) is 4.98 Å². The Morgan fingerprint density at radius 1 is 1.37 bits per heavy atom. The van der Waals surface area contributed by atoms with Crippen LogP contribution >= 0.6 is 11.6 Å². The lowest BCUT2D eigenvalue weighted by Gasteiger charge is -2.13. The van der Waals surface area contributed by atoms with Crippen LogP contribution in [0.1, 0.15) is 11.3 Å². The first-order valence-electron chi connectivity index (χ1n) is 8.47. The highest BCUT2D eigenvalue weighted by Gasteiger charge is 2.13. The van der Waals surface area contributed by atoms with E-state index < -0.39 is 5.91 Å². The Kier molecular flexibility index (Phi) is 6.16. The number of carbonyl (C=O) groups is 1. The van der Waals surface area contributed by atoms with Crippen LogP contribution in [-0.4, -0.2) is 35.6 Å². The van der Waals surface area contributed by atoms with Gasteiger partial charge in [0.15, 0.2) is 18.1 Å². The molecule has 2 aromatic heterocycles. The number of nitrogens with zero attached hydrogens (tertiary/aromatic N) is 2. The first-order chi connectivity index (χ1) is 13.1. The number of primary amides is 1. The highest BCUT2D eigenvalue weighted by atomic mass is 35.5. The number of nitrogens with two attached hydrogens (primary N) is 1. The molecule has 3 rings (SSSR count). The van der Waals surface area contributed by atoms with E-state index in [1.165, 1.54) is 7.11 Å². The van der Waals surface area contributed by atoms with Crippen molar-refractivity contribution >= 4 is 23.2 Å². The summed E-state index contributed by atoms with van der Waals surface area (Å²) in [5, 5.41) is 3.73. The van der Waals surface area contributed by atoms with Gasteiger partial charge in [-0.2, -0.15) is 0 Å². The molecule has 1 amide bonds. The van der Waals surface area contributed by atoms with Crippen LogP contribution in [0, 0.1) is 0 Å². The molecule has 0 saturated heterocycles. The minimum atomic E-state index is -0.578. The molecule has 0 aliphatic heterocycles. The number of amides is 1. The second kappa shape index (κ2) is 8.75. The van der Waals surface area contributed by atoms with Crippen molar-refractivity contribution < 1.29 is 14.3 Å². The molecule has 0 aliphatic carbocycles. The summed E-state index contributed by atoms with van der Waals surface area (Å²) < 4.78 is 12.6. The van der Waals surface area contributed by atoms with Crippen LogP contribution < -0.4 is 20.5 Å². The first-order valence-corrected chi connectivity index (χ1v) is 8.85. The summed E-state index contributed by atoms with van der Waals surface area (Å²) in [4.78, 5) is 15.5. The fourth-order valence-corrected chi connectivity index (χ4v) is 3.00. The number of carbonyl (C=O) groups excluding carboxylic acids is 1. The number of fused-ring (bicyclic) bond motifs is 1. The highest BCUT2D eigenvalue weighted by molar-refractivity contribution is 6.32. The maximum absolute atomic E-state index is 10.9. The Labute approximate surface area is 162 Å². The average molecular weight is 389 g/mol. The third kappa shape index (κ3) is 4.90. The van der Waals surface area contributed by atoms with Crippen LogP contribution in [0.4, 0.5) is 0 Å². The molecule has 0 aliphatic rings. The lowest BCUT2D eigenvalue weighted by molar-refractivity contribution is -0.119. The fraction of sp³-hybridized carbons (Fsp3) is 0.263. The van der Waals surface area contributed by atoms with Gasteiger partial charge >= 0.3 is 0 Å². The zero-order valence-electron chi connectivity index (χ0n) is 14.9. The molecule has 0 unspecified atom stereocenters. The lowest BCUT2D eigenvalue weighted by Crippen LogP contribution is -2.20. The van der Waals surface area contributed by atoms with Crippen LogP contribution in [0.15, 0.2) is 42.7 Å². The Morgan fingerprint density at radius 2 is 2.22 bits per heavy atom. The lowest BCUT2D eigenvalue weighted by atomic mass is 10.2. The number of halogens is 1. The molecule has 3 N–H and O–H groups in total. The largest absolute Gasteiger partial charge is 0.493 e. The molecule has 0 saturated carbocycles. The van der Waals surface area contributed by atoms with Gasteiger partial charge in [-0.1, -0.05) is 17.7 Å². The molecule has 0 fully saturated rings. The van der Waals surface area contributed by atoms with E-state index in [4.69, 9.17) is 26.8 Å². The van der Waals surface area contributed by atoms with Crippen molar-refractivity contribution in [3.05, 3.63) is 59.0 Å². The van der Waals surface area contributed by atoms with Gasteiger partial charge in [-0.05, 0) is 29.8 Å². The van der Waals surface area contributed by atoms with Crippen molar-refractivity contribution in [2.45, 2.75) is 13.0 Å². The van der Waals surface area contributed by atoms with E-state index in [0.717, 1.165) is 29.9 Å². The average Bonchev–Trinajstić information content (AvgIpc) is 3.06. The van der Waals surface area contributed by atoms with Crippen molar-refractivity contribution in [3.63, 3.8) is 0 Å². The number of nitrogens with one attached hydrogen (secondary N) is 1. The molecule has 1 aromatic carbocycles. The number of hydrogen-bond acceptors (Lipinski definition) is 5. The number of pyridine rings is 1. The molecule has 0 radical (unpaired) electrons. The minimum Gasteiger partial charge on any atom is -0.493 e. The standard InChI is InChI=1S/C19H21ClN4O3/c1-26-16-9-13(8-15(20)19(16)27-12-17(21)25)10-22-6-5-14-11-24-7-3-2-4-18(24)23-14/h2-4,7-9,11,22H,5-6,10,12H2,1H3,(H2,21,25). The van der Waals surface area contributed by atoms with Gasteiger partial charge < -0.3 is 24.9 Å². The van der Waals surface area contributed by atoms with E-state index in [2.05, 4.69) is 10.3 Å². The predicted molar refractivity (Wildman–Crippen MR) is 103 cm³/mol. The highest BCUT2D eigenvalue weighted by Crippen LogP contribution is 2.36. The molecule has 27 heavy (non-hydrogen) atoms. The number of benzene rings is 1. The SMILES string of the molecule is COc1cc(CNCCc2cn3ccccc3n2)cc(Cl)c1OCC(N)=O. The van der Waals surface area contributed by atoms with Crippen LogP contribution in [0.2, 0.25) is 5.02 Å². The van der Waals surface area contributed by atoms with Crippen molar-refractivity contribution in [3.8, 4) is 11.5 Å². The molecule has 7 nitrogen and oxygen atoms in total. The Balaban J connectivity index is 1.57. The molecule has 8 heteroatoms.